The number of fused-ring (bicyclic) bond motifs is 1. The van der Waals surface area contributed by atoms with E-state index in [0.29, 0.717) is 0 Å². The van der Waals surface area contributed by atoms with Crippen LogP contribution >= 0.6 is 24.0 Å². The number of hydrogen-bond donors (Lipinski definition) is 1. The van der Waals surface area contributed by atoms with Crippen molar-refractivity contribution in [1.29, 1.82) is 0 Å². The Labute approximate surface area is 178 Å². The van der Waals surface area contributed by atoms with Gasteiger partial charge in [-0.2, -0.15) is 0 Å². The summed E-state index contributed by atoms with van der Waals surface area (Å²) >= 11 is 5.96. The van der Waals surface area contributed by atoms with Crippen molar-refractivity contribution >= 4 is 57.8 Å². The molecular weight excluding hydrogens is 430 g/mol. The lowest BCUT2D eigenvalue weighted by molar-refractivity contribution is -0.384. The first-order chi connectivity index (χ1) is 14.3. The minimum Gasteiger partial charge on any atom is -0.472 e. The number of carbonyl (C=O) groups is 3. The molecule has 2 aliphatic rings. The van der Waals surface area contributed by atoms with Crippen LogP contribution in [-0.2, 0) is 4.79 Å². The fourth-order valence-corrected chi connectivity index (χ4v) is 3.98. The molecule has 1 saturated heterocycles. The number of thiocarbonyl (C=S) groups is 1. The van der Waals surface area contributed by atoms with Crippen molar-refractivity contribution in [3.63, 3.8) is 0 Å². The van der Waals surface area contributed by atoms with Crippen LogP contribution in [0.4, 0.5) is 5.69 Å². The van der Waals surface area contributed by atoms with Crippen molar-refractivity contribution in [2.45, 2.75) is 0 Å². The summed E-state index contributed by atoms with van der Waals surface area (Å²) in [5.41, 5.74) is 0.596. The summed E-state index contributed by atoms with van der Waals surface area (Å²) < 4.78 is 5.91. The van der Waals surface area contributed by atoms with Crippen molar-refractivity contribution in [1.82, 2.24) is 10.2 Å². The van der Waals surface area contributed by atoms with Crippen LogP contribution in [0.2, 0.25) is 0 Å². The summed E-state index contributed by atoms with van der Waals surface area (Å²) in [5, 5.41) is 13.6. The molecule has 2 aromatic rings. The first kappa shape index (κ1) is 19.7. The van der Waals surface area contributed by atoms with Gasteiger partial charge in [-0.25, -0.2) is 4.90 Å². The molecule has 3 amide bonds. The summed E-state index contributed by atoms with van der Waals surface area (Å²) in [6.07, 6.45) is 1.41. The highest BCUT2D eigenvalue weighted by Gasteiger charge is 2.35. The standard InChI is InChI=1S/C19H11N3O6S2/c23-16-15(30-19(29)20-16)8-10-7-11(22(26)27)5-6-14(10)28-9-21-17(24)12-3-1-2-4-13(12)18(21)25/h1-8H,9H2,(H,20,23,29)/b15-8-. The van der Waals surface area contributed by atoms with E-state index in [1.807, 2.05) is 0 Å². The number of imide groups is 1. The Kier molecular flexibility index (Phi) is 5.06. The number of ether oxygens (including phenoxy) is 1. The molecule has 1 N–H and O–H groups in total. The van der Waals surface area contributed by atoms with Crippen LogP contribution in [0.15, 0.2) is 47.4 Å². The topological polar surface area (TPSA) is 119 Å². The molecule has 0 aliphatic carbocycles. The number of nitrogens with zero attached hydrogens (tertiary/aromatic N) is 2. The number of benzene rings is 2. The van der Waals surface area contributed by atoms with E-state index in [9.17, 15) is 24.5 Å². The number of rotatable bonds is 5. The molecule has 2 aromatic carbocycles. The third kappa shape index (κ3) is 3.55. The third-order valence-electron chi connectivity index (χ3n) is 4.36. The highest BCUT2D eigenvalue weighted by molar-refractivity contribution is 8.26. The predicted molar refractivity (Wildman–Crippen MR) is 112 cm³/mol. The molecule has 0 atom stereocenters. The fraction of sp³-hybridized carbons (Fsp3) is 0.0526. The first-order valence-electron chi connectivity index (χ1n) is 8.46. The van der Waals surface area contributed by atoms with Crippen LogP contribution in [0, 0.1) is 10.1 Å². The Morgan fingerprint density at radius 1 is 1.13 bits per heavy atom. The molecule has 4 rings (SSSR count). The highest BCUT2D eigenvalue weighted by Crippen LogP contribution is 2.32. The van der Waals surface area contributed by atoms with E-state index in [2.05, 4.69) is 5.32 Å². The van der Waals surface area contributed by atoms with E-state index >= 15 is 0 Å². The second-order valence-electron chi connectivity index (χ2n) is 6.19. The fourth-order valence-electron chi connectivity index (χ4n) is 2.95. The van der Waals surface area contributed by atoms with E-state index in [-0.39, 0.29) is 37.4 Å². The third-order valence-corrected chi connectivity index (χ3v) is 5.52. The maximum absolute atomic E-state index is 12.5. The molecule has 0 bridgehead atoms. The predicted octanol–water partition coefficient (Wildman–Crippen LogP) is 2.72. The van der Waals surface area contributed by atoms with Crippen LogP contribution < -0.4 is 10.1 Å². The Morgan fingerprint density at radius 3 is 2.37 bits per heavy atom. The minimum absolute atomic E-state index is 0.163. The number of nitro groups is 1. The van der Waals surface area contributed by atoms with Crippen LogP contribution in [0.3, 0.4) is 0 Å². The number of hydrogen-bond acceptors (Lipinski definition) is 8. The summed E-state index contributed by atoms with van der Waals surface area (Å²) in [6.45, 7) is -0.391. The van der Waals surface area contributed by atoms with Crippen molar-refractivity contribution in [3.8, 4) is 5.75 Å². The zero-order valence-corrected chi connectivity index (χ0v) is 16.6. The monoisotopic (exact) mass is 441 g/mol. The van der Waals surface area contributed by atoms with Gasteiger partial charge in [-0.1, -0.05) is 36.1 Å². The molecule has 0 unspecified atom stereocenters. The molecule has 11 heteroatoms. The van der Waals surface area contributed by atoms with Gasteiger partial charge in [-0.05, 0) is 24.3 Å². The molecule has 30 heavy (non-hydrogen) atoms. The van der Waals surface area contributed by atoms with E-state index in [1.54, 1.807) is 24.3 Å². The zero-order chi connectivity index (χ0) is 21.4. The second-order valence-corrected chi connectivity index (χ2v) is 7.91. The Morgan fingerprint density at radius 2 is 1.80 bits per heavy atom. The maximum atomic E-state index is 12.5. The van der Waals surface area contributed by atoms with Gasteiger partial charge < -0.3 is 10.1 Å². The lowest BCUT2D eigenvalue weighted by Crippen LogP contribution is -2.33. The van der Waals surface area contributed by atoms with Gasteiger partial charge in [0.25, 0.3) is 23.4 Å². The lowest BCUT2D eigenvalue weighted by Gasteiger charge is -2.16. The van der Waals surface area contributed by atoms with Gasteiger partial charge in [-0.3, -0.25) is 24.5 Å². The smallest absolute Gasteiger partial charge is 0.270 e. The molecule has 2 aliphatic heterocycles. The van der Waals surface area contributed by atoms with E-state index < -0.39 is 29.4 Å². The normalized spacial score (nSPS) is 16.8. The summed E-state index contributed by atoms with van der Waals surface area (Å²) in [7, 11) is 0. The van der Waals surface area contributed by atoms with Crippen molar-refractivity contribution < 1.29 is 24.0 Å². The number of carbonyl (C=O) groups excluding carboxylic acids is 3. The van der Waals surface area contributed by atoms with Crippen LogP contribution in [0.5, 0.6) is 5.75 Å². The number of non-ortho nitro benzene ring substituents is 1. The van der Waals surface area contributed by atoms with Gasteiger partial charge in [0.15, 0.2) is 6.73 Å². The number of amides is 3. The molecule has 0 aromatic heterocycles. The molecule has 1 fully saturated rings. The second kappa shape index (κ2) is 7.69. The van der Waals surface area contributed by atoms with Crippen LogP contribution in [-0.4, -0.2) is 38.6 Å². The van der Waals surface area contributed by atoms with Crippen LogP contribution in [0.25, 0.3) is 6.08 Å². The number of nitrogens with one attached hydrogen (secondary N) is 1. The van der Waals surface area contributed by atoms with E-state index in [0.717, 1.165) is 16.7 Å². The van der Waals surface area contributed by atoms with Gasteiger partial charge in [0.2, 0.25) is 0 Å². The Balaban J connectivity index is 1.62. The summed E-state index contributed by atoms with van der Waals surface area (Å²) in [6, 6.07) is 10.2. The summed E-state index contributed by atoms with van der Waals surface area (Å²) in [4.78, 5) is 48.6. The van der Waals surface area contributed by atoms with Crippen molar-refractivity contribution in [3.05, 3.63) is 74.2 Å². The van der Waals surface area contributed by atoms with Gasteiger partial charge in [0.1, 0.15) is 10.1 Å². The zero-order valence-electron chi connectivity index (χ0n) is 15.0. The molecule has 0 saturated carbocycles. The van der Waals surface area contributed by atoms with E-state index in [1.165, 1.54) is 24.3 Å². The van der Waals surface area contributed by atoms with Crippen molar-refractivity contribution in [2.24, 2.45) is 0 Å². The molecule has 150 valence electrons. The highest BCUT2D eigenvalue weighted by atomic mass is 32.2. The Bertz CT molecular complexity index is 1140. The minimum atomic E-state index is -0.581. The van der Waals surface area contributed by atoms with Gasteiger partial charge >= 0.3 is 0 Å². The molecule has 9 nitrogen and oxygen atoms in total. The first-order valence-corrected chi connectivity index (χ1v) is 9.69. The molecule has 0 radical (unpaired) electrons. The van der Waals surface area contributed by atoms with E-state index in [4.69, 9.17) is 17.0 Å². The maximum Gasteiger partial charge on any atom is 0.270 e. The molecule has 0 spiro atoms. The van der Waals surface area contributed by atoms with Crippen LogP contribution in [0.1, 0.15) is 26.3 Å². The average Bonchev–Trinajstić information content (AvgIpc) is 3.16. The quantitative estimate of drug-likeness (QED) is 0.247. The Hall–Kier alpha value is -3.57. The van der Waals surface area contributed by atoms with Gasteiger partial charge in [-0.15, -0.1) is 0 Å². The number of thioether (sulfide) groups is 1. The van der Waals surface area contributed by atoms with Gasteiger partial charge in [0, 0.05) is 17.7 Å². The van der Waals surface area contributed by atoms with Gasteiger partial charge in [0.05, 0.1) is 21.0 Å². The molecule has 2 heterocycles. The number of nitro benzene ring substituents is 1. The summed E-state index contributed by atoms with van der Waals surface area (Å²) in [5.74, 6) is -1.25. The van der Waals surface area contributed by atoms with Crippen molar-refractivity contribution in [2.75, 3.05) is 6.73 Å². The molecular formula is C19H11N3O6S2. The average molecular weight is 441 g/mol. The lowest BCUT2D eigenvalue weighted by atomic mass is 10.1. The SMILES string of the molecule is O=C1NC(=S)S/C1=C\c1cc([N+](=O)[O-])ccc1OCN1C(=O)c2ccccc2C1=O. The largest absolute Gasteiger partial charge is 0.472 e.